The second-order valence-electron chi connectivity index (χ2n) is 27.7. The monoisotopic (exact) mass is 1090 g/mol. The zero-order valence-electron chi connectivity index (χ0n) is 47.9. The molecule has 4 heterocycles. The molecule has 6 atom stereocenters. The standard InChI is InChI=1S/C57H87N9O12/c1-52(2)25-37(28-55(7,31-52)34-58-46(73)61-22-16-10-13-19-40(61)67)43(70)64-49(76)65(44(71)38-26-53(3,4)32-56(8,29-38)35-59-47(74)62-23-17-11-14-20-41(62)68)51(78)66(50(64)77)45(72)39-27-54(5,6)33-57(9,30-39)36-60-48(75)63-24-18-12-15-21-42(63)69/h37-39H,10-36H2,1-9H3,(H,58,73)(H,59,74)(H,60,75). The number of aromatic nitrogens is 3. The van der Waals surface area contributed by atoms with E-state index in [1.807, 2.05) is 62.3 Å². The average Bonchev–Trinajstić information content (AvgIpc) is 3.86. The molecule has 78 heavy (non-hydrogen) atoms. The molecule has 1 aromatic heterocycles. The fourth-order valence-corrected chi connectivity index (χ4v) is 15.2. The molecule has 21 heteroatoms. The zero-order chi connectivity index (χ0) is 57.3. The van der Waals surface area contributed by atoms with Gasteiger partial charge in [0, 0.05) is 76.3 Å². The van der Waals surface area contributed by atoms with E-state index in [2.05, 4.69) is 16.0 Å². The molecule has 0 radical (unpaired) electrons. The number of nitrogens with zero attached hydrogens (tertiary/aromatic N) is 6. The number of carbonyl (C=O) groups is 9. The van der Waals surface area contributed by atoms with E-state index in [-0.39, 0.29) is 128 Å². The van der Waals surface area contributed by atoms with Crippen molar-refractivity contribution in [2.75, 3.05) is 39.3 Å². The lowest BCUT2D eigenvalue weighted by Crippen LogP contribution is -2.62. The number of rotatable bonds is 9. The molecule has 3 saturated carbocycles. The second-order valence-corrected chi connectivity index (χ2v) is 27.7. The highest BCUT2D eigenvalue weighted by Crippen LogP contribution is 2.51. The third-order valence-corrected chi connectivity index (χ3v) is 17.6. The van der Waals surface area contributed by atoms with Gasteiger partial charge in [-0.1, -0.05) is 81.6 Å². The number of hydrogen-bond acceptors (Lipinski definition) is 12. The molecule has 6 aliphatic rings. The quantitative estimate of drug-likeness (QED) is 0.227. The fourth-order valence-electron chi connectivity index (χ4n) is 15.2. The summed E-state index contributed by atoms with van der Waals surface area (Å²) in [5.41, 5.74) is -8.75. The molecular formula is C57H87N9O12. The Kier molecular flexibility index (Phi) is 17.8. The van der Waals surface area contributed by atoms with Crippen molar-refractivity contribution in [3.63, 3.8) is 0 Å². The van der Waals surface area contributed by atoms with Crippen LogP contribution in [0.5, 0.6) is 0 Å². The molecular weight excluding hydrogens is 1000 g/mol. The molecule has 6 unspecified atom stereocenters. The molecule has 7 rings (SSSR count). The van der Waals surface area contributed by atoms with Crippen LogP contribution in [-0.4, -0.2) is 121 Å². The van der Waals surface area contributed by atoms with Gasteiger partial charge in [-0.05, 0) is 129 Å². The zero-order valence-corrected chi connectivity index (χ0v) is 47.9. The summed E-state index contributed by atoms with van der Waals surface area (Å²) >= 11 is 0. The first-order chi connectivity index (χ1) is 36.4. The van der Waals surface area contributed by atoms with Crippen LogP contribution in [0.3, 0.4) is 0 Å². The maximum Gasteiger partial charge on any atom is 0.350 e. The van der Waals surface area contributed by atoms with E-state index in [0.29, 0.717) is 57.8 Å². The third-order valence-electron chi connectivity index (χ3n) is 17.6. The number of urea groups is 3. The Morgan fingerprint density at radius 1 is 0.372 bits per heavy atom. The Hall–Kier alpha value is -5.76. The predicted molar refractivity (Wildman–Crippen MR) is 290 cm³/mol. The van der Waals surface area contributed by atoms with Gasteiger partial charge >= 0.3 is 35.2 Å². The van der Waals surface area contributed by atoms with Gasteiger partial charge in [0.1, 0.15) is 0 Å². The number of carbonyl (C=O) groups excluding carboxylic acids is 9. The Labute approximate surface area is 457 Å². The van der Waals surface area contributed by atoms with Gasteiger partial charge in [0.25, 0.3) is 0 Å². The highest BCUT2D eigenvalue weighted by molar-refractivity contribution is 5.96. The third kappa shape index (κ3) is 13.8. The van der Waals surface area contributed by atoms with Gasteiger partial charge < -0.3 is 16.0 Å². The van der Waals surface area contributed by atoms with E-state index in [0.717, 1.165) is 19.3 Å². The summed E-state index contributed by atoms with van der Waals surface area (Å²) in [6.45, 7) is 18.1. The van der Waals surface area contributed by atoms with E-state index < -0.39 is 103 Å². The minimum atomic E-state index is -1.50. The number of imide groups is 3. The topological polar surface area (TPSA) is 265 Å². The Balaban J connectivity index is 1.25. The molecule has 0 aromatic carbocycles. The molecule has 432 valence electrons. The summed E-state index contributed by atoms with van der Waals surface area (Å²) in [5.74, 6) is -7.07. The van der Waals surface area contributed by atoms with Crippen molar-refractivity contribution in [3.05, 3.63) is 31.5 Å². The fraction of sp³-hybridized carbons (Fsp3) is 0.789. The summed E-state index contributed by atoms with van der Waals surface area (Å²) in [5, 5.41) is 8.74. The van der Waals surface area contributed by atoms with Crippen molar-refractivity contribution in [2.45, 2.75) is 197 Å². The SMILES string of the molecule is CC1(C)CC(C(=O)n2c(=O)n(C(=O)C3CC(C)(C)CC(C)(CNC(=O)N4CCCCCC4=O)C3)c(=O)n(C(=O)C3CC(C)(C)CC(C)(CNC(=O)N4CCCCCC4=O)C3)c2=O)CC(C)(CNC(=O)N2CCCCCC2=O)C1. The number of amides is 9. The Morgan fingerprint density at radius 3 is 0.859 bits per heavy atom. The lowest BCUT2D eigenvalue weighted by Gasteiger charge is -2.46. The van der Waals surface area contributed by atoms with Gasteiger partial charge in [-0.25, -0.2) is 28.8 Å². The molecule has 3 saturated heterocycles. The van der Waals surface area contributed by atoms with Crippen molar-refractivity contribution >= 4 is 53.5 Å². The van der Waals surface area contributed by atoms with E-state index in [9.17, 15) is 28.8 Å². The van der Waals surface area contributed by atoms with Gasteiger partial charge in [0.05, 0.1) is 0 Å². The average molecular weight is 1090 g/mol. The maximum absolute atomic E-state index is 15.3. The van der Waals surface area contributed by atoms with E-state index in [1.165, 1.54) is 14.7 Å². The van der Waals surface area contributed by atoms with E-state index in [4.69, 9.17) is 0 Å². The highest BCUT2D eigenvalue weighted by Gasteiger charge is 2.50. The molecule has 3 aliphatic heterocycles. The lowest BCUT2D eigenvalue weighted by molar-refractivity contribution is -0.128. The highest BCUT2D eigenvalue weighted by atomic mass is 16.2. The van der Waals surface area contributed by atoms with Crippen LogP contribution in [0.15, 0.2) is 14.4 Å². The summed E-state index contributed by atoms with van der Waals surface area (Å²) in [4.78, 5) is 174. The smallest absolute Gasteiger partial charge is 0.337 e. The molecule has 9 amide bonds. The largest absolute Gasteiger partial charge is 0.350 e. The number of likely N-dealkylation sites (tertiary alicyclic amines) is 3. The first-order valence-corrected chi connectivity index (χ1v) is 28.7. The second kappa shape index (κ2) is 23.1. The molecule has 3 aliphatic carbocycles. The van der Waals surface area contributed by atoms with Crippen molar-refractivity contribution in [3.8, 4) is 0 Å². The van der Waals surface area contributed by atoms with Crippen LogP contribution in [0.4, 0.5) is 14.4 Å². The van der Waals surface area contributed by atoms with Crippen LogP contribution in [-0.2, 0) is 14.4 Å². The van der Waals surface area contributed by atoms with Gasteiger partial charge in [-0.2, -0.15) is 13.7 Å². The van der Waals surface area contributed by atoms with Crippen molar-refractivity contribution < 1.29 is 43.2 Å². The van der Waals surface area contributed by atoms with Gasteiger partial charge in [-0.3, -0.25) is 43.5 Å². The molecule has 0 spiro atoms. The molecule has 1 aromatic rings. The summed E-state index contributed by atoms with van der Waals surface area (Å²) < 4.78 is 0.819. The van der Waals surface area contributed by atoms with E-state index in [1.54, 1.807) is 0 Å². The van der Waals surface area contributed by atoms with Gasteiger partial charge in [0.15, 0.2) is 0 Å². The van der Waals surface area contributed by atoms with Gasteiger partial charge in [0.2, 0.25) is 35.4 Å². The van der Waals surface area contributed by atoms with Crippen LogP contribution in [0.1, 0.15) is 212 Å². The number of nitrogens with one attached hydrogen (secondary N) is 3. The minimum absolute atomic E-state index is 0.0501. The summed E-state index contributed by atoms with van der Waals surface area (Å²) in [7, 11) is 0. The Bertz CT molecular complexity index is 2440. The first-order valence-electron chi connectivity index (χ1n) is 28.7. The molecule has 21 nitrogen and oxygen atoms in total. The maximum atomic E-state index is 15.3. The van der Waals surface area contributed by atoms with E-state index >= 15 is 28.8 Å². The van der Waals surface area contributed by atoms with Crippen molar-refractivity contribution in [1.29, 1.82) is 0 Å². The van der Waals surface area contributed by atoms with Crippen LogP contribution in [0, 0.1) is 50.2 Å². The van der Waals surface area contributed by atoms with Crippen molar-refractivity contribution in [2.24, 2.45) is 50.2 Å². The summed E-state index contributed by atoms with van der Waals surface area (Å²) in [6, 6.07) is -1.65. The predicted octanol–water partition coefficient (Wildman–Crippen LogP) is 6.93. The lowest BCUT2D eigenvalue weighted by atomic mass is 9.60. The van der Waals surface area contributed by atoms with Crippen LogP contribution in [0.25, 0.3) is 0 Å². The minimum Gasteiger partial charge on any atom is -0.337 e. The van der Waals surface area contributed by atoms with Crippen molar-refractivity contribution in [1.82, 2.24) is 44.4 Å². The van der Waals surface area contributed by atoms with Crippen LogP contribution < -0.4 is 33.0 Å². The first kappa shape index (κ1) is 59.9. The molecule has 3 N–H and O–H groups in total. The summed E-state index contributed by atoms with van der Waals surface area (Å²) in [6.07, 6.45) is 9.49. The normalized spacial score (nSPS) is 29.6. The van der Waals surface area contributed by atoms with Crippen LogP contribution >= 0.6 is 0 Å². The number of hydrogen-bond donors (Lipinski definition) is 3. The van der Waals surface area contributed by atoms with Crippen LogP contribution in [0.2, 0.25) is 0 Å². The molecule has 6 fully saturated rings. The van der Waals surface area contributed by atoms with Gasteiger partial charge in [-0.15, -0.1) is 0 Å². The molecule has 0 bridgehead atoms. The Morgan fingerprint density at radius 2 is 0.615 bits per heavy atom.